The number of amides is 1. The summed E-state index contributed by atoms with van der Waals surface area (Å²) in [7, 11) is 0. The molecule has 1 heterocycles. The highest BCUT2D eigenvalue weighted by atomic mass is 16.2. The Morgan fingerprint density at radius 2 is 2.00 bits per heavy atom. The summed E-state index contributed by atoms with van der Waals surface area (Å²) in [6.07, 6.45) is 1.52. The van der Waals surface area contributed by atoms with E-state index in [1.54, 1.807) is 0 Å². The van der Waals surface area contributed by atoms with Crippen molar-refractivity contribution in [3.05, 3.63) is 35.9 Å². The second-order valence-corrected chi connectivity index (χ2v) is 5.60. The molecule has 0 bridgehead atoms. The van der Waals surface area contributed by atoms with E-state index in [1.165, 1.54) is 5.56 Å². The standard InChI is InChI=1S/C15H22N2O/c1-15(2)12-14(18)17(11-9-16-15)10-8-13-6-4-3-5-7-13/h3-7,16H,8-12H2,1-2H3. The van der Waals surface area contributed by atoms with Gasteiger partial charge in [-0.15, -0.1) is 0 Å². The lowest BCUT2D eigenvalue weighted by molar-refractivity contribution is -0.131. The molecule has 98 valence electrons. The Bertz CT molecular complexity index is 400. The Kier molecular flexibility index (Phi) is 4.02. The SMILES string of the molecule is CC1(C)CC(=O)N(CCc2ccccc2)CCN1. The van der Waals surface area contributed by atoms with E-state index in [9.17, 15) is 4.79 Å². The second kappa shape index (κ2) is 5.53. The lowest BCUT2D eigenvalue weighted by Gasteiger charge is -2.23. The van der Waals surface area contributed by atoms with Gasteiger partial charge in [0, 0.05) is 31.6 Å². The Hall–Kier alpha value is -1.35. The normalized spacial score (nSPS) is 19.7. The fourth-order valence-corrected chi connectivity index (χ4v) is 2.35. The van der Waals surface area contributed by atoms with Crippen molar-refractivity contribution in [1.29, 1.82) is 0 Å². The highest BCUT2D eigenvalue weighted by Gasteiger charge is 2.27. The minimum absolute atomic E-state index is 0.0709. The molecule has 0 atom stereocenters. The van der Waals surface area contributed by atoms with E-state index in [1.807, 2.05) is 23.1 Å². The van der Waals surface area contributed by atoms with Crippen LogP contribution in [-0.2, 0) is 11.2 Å². The van der Waals surface area contributed by atoms with Crippen molar-refractivity contribution in [3.63, 3.8) is 0 Å². The van der Waals surface area contributed by atoms with Crippen molar-refractivity contribution >= 4 is 5.91 Å². The quantitative estimate of drug-likeness (QED) is 0.882. The van der Waals surface area contributed by atoms with Crippen molar-refractivity contribution in [1.82, 2.24) is 10.2 Å². The third-order valence-corrected chi connectivity index (χ3v) is 3.44. The molecule has 1 aromatic rings. The molecule has 0 saturated carbocycles. The van der Waals surface area contributed by atoms with E-state index in [2.05, 4.69) is 31.3 Å². The van der Waals surface area contributed by atoms with Gasteiger partial charge in [0.05, 0.1) is 0 Å². The summed E-state index contributed by atoms with van der Waals surface area (Å²) in [5.74, 6) is 0.265. The number of carbonyl (C=O) groups is 1. The van der Waals surface area contributed by atoms with Crippen LogP contribution in [0.5, 0.6) is 0 Å². The highest BCUT2D eigenvalue weighted by Crippen LogP contribution is 2.14. The fourth-order valence-electron chi connectivity index (χ4n) is 2.35. The molecule has 3 nitrogen and oxygen atoms in total. The molecular formula is C15H22N2O. The van der Waals surface area contributed by atoms with Gasteiger partial charge >= 0.3 is 0 Å². The third kappa shape index (κ3) is 3.57. The number of rotatable bonds is 3. The molecule has 1 fully saturated rings. The van der Waals surface area contributed by atoms with E-state index >= 15 is 0 Å². The van der Waals surface area contributed by atoms with Gasteiger partial charge in [0.15, 0.2) is 0 Å². The van der Waals surface area contributed by atoms with Gasteiger partial charge in [0.25, 0.3) is 0 Å². The maximum Gasteiger partial charge on any atom is 0.224 e. The number of nitrogens with zero attached hydrogens (tertiary/aromatic N) is 1. The first kappa shape index (κ1) is 13.1. The van der Waals surface area contributed by atoms with Crippen LogP contribution in [0.2, 0.25) is 0 Å². The summed E-state index contributed by atoms with van der Waals surface area (Å²) in [6, 6.07) is 10.3. The molecule has 1 saturated heterocycles. The van der Waals surface area contributed by atoms with Crippen molar-refractivity contribution in [2.45, 2.75) is 32.2 Å². The average Bonchev–Trinajstić information content (AvgIpc) is 2.46. The molecule has 0 aliphatic carbocycles. The Labute approximate surface area is 109 Å². The van der Waals surface area contributed by atoms with Gasteiger partial charge in [-0.2, -0.15) is 0 Å². The zero-order valence-electron chi connectivity index (χ0n) is 11.3. The molecule has 18 heavy (non-hydrogen) atoms. The van der Waals surface area contributed by atoms with Crippen LogP contribution < -0.4 is 5.32 Å². The van der Waals surface area contributed by atoms with Crippen LogP contribution in [-0.4, -0.2) is 36.0 Å². The minimum Gasteiger partial charge on any atom is -0.341 e. The van der Waals surface area contributed by atoms with Crippen LogP contribution in [0.4, 0.5) is 0 Å². The molecular weight excluding hydrogens is 224 g/mol. The number of nitrogens with one attached hydrogen (secondary N) is 1. The number of carbonyl (C=O) groups excluding carboxylic acids is 1. The van der Waals surface area contributed by atoms with Crippen molar-refractivity contribution < 1.29 is 4.79 Å². The van der Waals surface area contributed by atoms with Gasteiger partial charge in [-0.25, -0.2) is 0 Å². The minimum atomic E-state index is -0.0709. The van der Waals surface area contributed by atoms with Gasteiger partial charge < -0.3 is 10.2 Å². The first-order valence-corrected chi connectivity index (χ1v) is 6.64. The summed E-state index contributed by atoms with van der Waals surface area (Å²) in [4.78, 5) is 14.1. The molecule has 1 amide bonds. The Morgan fingerprint density at radius 1 is 1.28 bits per heavy atom. The van der Waals surface area contributed by atoms with Gasteiger partial charge in [-0.1, -0.05) is 30.3 Å². The summed E-state index contributed by atoms with van der Waals surface area (Å²) in [5, 5.41) is 3.42. The molecule has 0 unspecified atom stereocenters. The van der Waals surface area contributed by atoms with Crippen LogP contribution in [0.25, 0.3) is 0 Å². The Balaban J connectivity index is 1.91. The maximum absolute atomic E-state index is 12.1. The van der Waals surface area contributed by atoms with Gasteiger partial charge in [0.2, 0.25) is 5.91 Å². The van der Waals surface area contributed by atoms with Crippen LogP contribution in [0.15, 0.2) is 30.3 Å². The number of benzene rings is 1. The van der Waals surface area contributed by atoms with Crippen molar-refractivity contribution in [2.24, 2.45) is 0 Å². The first-order chi connectivity index (χ1) is 8.57. The van der Waals surface area contributed by atoms with Crippen LogP contribution >= 0.6 is 0 Å². The van der Waals surface area contributed by atoms with Gasteiger partial charge in [0.1, 0.15) is 0 Å². The zero-order chi connectivity index (χ0) is 13.0. The molecule has 1 aliphatic heterocycles. The van der Waals surface area contributed by atoms with Crippen LogP contribution in [0, 0.1) is 0 Å². The summed E-state index contributed by atoms with van der Waals surface area (Å²) < 4.78 is 0. The van der Waals surface area contributed by atoms with E-state index in [4.69, 9.17) is 0 Å². The van der Waals surface area contributed by atoms with Gasteiger partial charge in [-0.05, 0) is 25.8 Å². The largest absolute Gasteiger partial charge is 0.341 e. The molecule has 0 spiro atoms. The lowest BCUT2D eigenvalue weighted by atomic mass is 10.0. The molecule has 0 radical (unpaired) electrons. The molecule has 1 aliphatic rings. The number of hydrogen-bond acceptors (Lipinski definition) is 2. The smallest absolute Gasteiger partial charge is 0.224 e. The number of hydrogen-bond donors (Lipinski definition) is 1. The van der Waals surface area contributed by atoms with Gasteiger partial charge in [-0.3, -0.25) is 4.79 Å². The summed E-state index contributed by atoms with van der Waals surface area (Å²) in [6.45, 7) is 6.69. The van der Waals surface area contributed by atoms with E-state index in [0.29, 0.717) is 6.42 Å². The summed E-state index contributed by atoms with van der Waals surface area (Å²) >= 11 is 0. The predicted octanol–water partition coefficient (Wildman–Crippen LogP) is 1.83. The van der Waals surface area contributed by atoms with E-state index in [-0.39, 0.29) is 11.4 Å². The topological polar surface area (TPSA) is 32.3 Å². The molecule has 1 aromatic carbocycles. The second-order valence-electron chi connectivity index (χ2n) is 5.60. The van der Waals surface area contributed by atoms with Crippen molar-refractivity contribution in [3.8, 4) is 0 Å². The van der Waals surface area contributed by atoms with Crippen LogP contribution in [0.1, 0.15) is 25.8 Å². The average molecular weight is 246 g/mol. The zero-order valence-corrected chi connectivity index (χ0v) is 11.3. The molecule has 0 aromatic heterocycles. The van der Waals surface area contributed by atoms with E-state index in [0.717, 1.165) is 26.1 Å². The van der Waals surface area contributed by atoms with E-state index < -0.39 is 0 Å². The lowest BCUT2D eigenvalue weighted by Crippen LogP contribution is -2.39. The maximum atomic E-state index is 12.1. The Morgan fingerprint density at radius 3 is 2.72 bits per heavy atom. The predicted molar refractivity (Wildman–Crippen MR) is 73.4 cm³/mol. The third-order valence-electron chi connectivity index (χ3n) is 3.44. The van der Waals surface area contributed by atoms with Crippen molar-refractivity contribution in [2.75, 3.05) is 19.6 Å². The first-order valence-electron chi connectivity index (χ1n) is 6.64. The molecule has 3 heteroatoms. The fraction of sp³-hybridized carbons (Fsp3) is 0.533. The monoisotopic (exact) mass is 246 g/mol. The summed E-state index contributed by atoms with van der Waals surface area (Å²) in [5.41, 5.74) is 1.22. The molecule has 1 N–H and O–H groups in total. The highest BCUT2D eigenvalue weighted by molar-refractivity contribution is 5.77. The van der Waals surface area contributed by atoms with Crippen LogP contribution in [0.3, 0.4) is 0 Å². The molecule has 2 rings (SSSR count).